The predicted octanol–water partition coefficient (Wildman–Crippen LogP) is 1.87. The number of nitrogens with one attached hydrogen (secondary N) is 1. The van der Waals surface area contributed by atoms with E-state index in [2.05, 4.69) is 5.32 Å². The summed E-state index contributed by atoms with van der Waals surface area (Å²) in [5.41, 5.74) is 0.953. The highest BCUT2D eigenvalue weighted by atomic mass is 35.5. The number of ether oxygens (including phenoxy) is 1. The molecule has 2 aromatic carbocycles. The molecule has 0 saturated carbocycles. The second-order valence-corrected chi connectivity index (χ2v) is 9.04. The molecule has 0 bridgehead atoms. The van der Waals surface area contributed by atoms with E-state index in [9.17, 15) is 29.6 Å². The molecule has 1 aliphatic rings. The number of amides is 2. The van der Waals surface area contributed by atoms with Gasteiger partial charge in [0, 0.05) is 55.5 Å². The minimum absolute atomic E-state index is 0.000274. The molecule has 200 valence electrons. The predicted molar refractivity (Wildman–Crippen MR) is 139 cm³/mol. The zero-order valence-corrected chi connectivity index (χ0v) is 21.1. The van der Waals surface area contributed by atoms with Gasteiger partial charge in [0.25, 0.3) is 11.6 Å². The minimum atomic E-state index is -1.14. The second kappa shape index (κ2) is 11.5. The molecule has 1 saturated heterocycles. The molecule has 1 aliphatic heterocycles. The summed E-state index contributed by atoms with van der Waals surface area (Å²) in [5.74, 6) is -0.772. The quantitative estimate of drug-likeness (QED) is 0.245. The first-order valence-corrected chi connectivity index (χ1v) is 12.1. The molecule has 2 heterocycles. The molecule has 0 radical (unpaired) electrons. The van der Waals surface area contributed by atoms with Crippen molar-refractivity contribution in [1.29, 1.82) is 0 Å². The van der Waals surface area contributed by atoms with E-state index in [1.54, 1.807) is 36.1 Å². The van der Waals surface area contributed by atoms with Crippen molar-refractivity contribution in [3.05, 3.63) is 73.6 Å². The van der Waals surface area contributed by atoms with Gasteiger partial charge in [0.1, 0.15) is 22.4 Å². The van der Waals surface area contributed by atoms with Gasteiger partial charge >= 0.3 is 5.63 Å². The van der Waals surface area contributed by atoms with Gasteiger partial charge in [0.15, 0.2) is 6.61 Å². The van der Waals surface area contributed by atoms with E-state index in [1.807, 2.05) is 4.90 Å². The van der Waals surface area contributed by atoms with Crippen LogP contribution in [0.2, 0.25) is 5.02 Å². The topological polar surface area (TPSA) is 155 Å². The van der Waals surface area contributed by atoms with Crippen LogP contribution in [-0.4, -0.2) is 72.2 Å². The van der Waals surface area contributed by atoms with Crippen LogP contribution in [0.1, 0.15) is 5.56 Å². The van der Waals surface area contributed by atoms with Gasteiger partial charge < -0.3 is 29.4 Å². The fourth-order valence-corrected chi connectivity index (χ4v) is 4.30. The molecule has 3 aromatic rings. The Morgan fingerprint density at radius 2 is 1.87 bits per heavy atom. The summed E-state index contributed by atoms with van der Waals surface area (Å²) in [6.07, 6.45) is 0. The van der Waals surface area contributed by atoms with Gasteiger partial charge in [-0.05, 0) is 36.8 Å². The number of carbonyl (C=O) groups excluding carboxylic acids is 2. The maximum Gasteiger partial charge on any atom is 0.355 e. The van der Waals surface area contributed by atoms with Gasteiger partial charge in [0.2, 0.25) is 5.91 Å². The van der Waals surface area contributed by atoms with Gasteiger partial charge in [0.05, 0.1) is 11.5 Å². The Labute approximate surface area is 221 Å². The largest absolute Gasteiger partial charge is 0.484 e. The smallest absolute Gasteiger partial charge is 0.355 e. The van der Waals surface area contributed by atoms with Crippen molar-refractivity contribution in [2.24, 2.45) is 0 Å². The van der Waals surface area contributed by atoms with Crippen LogP contribution < -0.4 is 20.6 Å². The highest BCUT2D eigenvalue weighted by Crippen LogP contribution is 2.26. The number of anilines is 1. The molecule has 2 N–H and O–H groups in total. The summed E-state index contributed by atoms with van der Waals surface area (Å²) in [6, 6.07) is 9.75. The first kappa shape index (κ1) is 26.9. The van der Waals surface area contributed by atoms with Crippen molar-refractivity contribution in [2.45, 2.75) is 13.0 Å². The number of nitrogens with zero attached hydrogens (tertiary/aromatic N) is 3. The molecule has 38 heavy (non-hydrogen) atoms. The van der Waals surface area contributed by atoms with Crippen LogP contribution in [0.25, 0.3) is 11.0 Å². The van der Waals surface area contributed by atoms with Crippen molar-refractivity contribution in [3.8, 4) is 5.75 Å². The average molecular weight is 545 g/mol. The number of non-ortho nitro benzene ring substituents is 1. The lowest BCUT2D eigenvalue weighted by atomic mass is 10.1. The van der Waals surface area contributed by atoms with E-state index in [1.165, 1.54) is 18.2 Å². The second-order valence-electron chi connectivity index (χ2n) is 8.66. The zero-order valence-electron chi connectivity index (χ0n) is 20.4. The van der Waals surface area contributed by atoms with Crippen molar-refractivity contribution in [2.75, 3.05) is 44.3 Å². The fourth-order valence-electron chi connectivity index (χ4n) is 4.16. The van der Waals surface area contributed by atoms with Crippen LogP contribution in [0.5, 0.6) is 5.75 Å². The number of rotatable bonds is 8. The first-order chi connectivity index (χ1) is 18.2. The Bertz CT molecular complexity index is 1420. The van der Waals surface area contributed by atoms with Crippen molar-refractivity contribution in [1.82, 2.24) is 10.2 Å². The zero-order chi connectivity index (χ0) is 27.4. The number of carbonyl (C=O) groups is 2. The van der Waals surface area contributed by atoms with Crippen LogP contribution >= 0.6 is 11.6 Å². The number of aliphatic hydroxyl groups is 1. The molecular formula is C25H25ClN4O8. The Hall–Kier alpha value is -4.16. The van der Waals surface area contributed by atoms with E-state index < -0.39 is 41.6 Å². The van der Waals surface area contributed by atoms with Gasteiger partial charge in [-0.2, -0.15) is 0 Å². The molecule has 0 spiro atoms. The van der Waals surface area contributed by atoms with Crippen molar-refractivity contribution in [3.63, 3.8) is 0 Å². The van der Waals surface area contributed by atoms with Gasteiger partial charge in [-0.25, -0.2) is 4.79 Å². The summed E-state index contributed by atoms with van der Waals surface area (Å²) < 4.78 is 10.7. The minimum Gasteiger partial charge on any atom is -0.484 e. The van der Waals surface area contributed by atoms with E-state index in [0.717, 1.165) is 5.69 Å². The van der Waals surface area contributed by atoms with Crippen LogP contribution in [-0.2, 0) is 9.59 Å². The lowest BCUT2D eigenvalue weighted by molar-refractivity contribution is -0.384. The van der Waals surface area contributed by atoms with Gasteiger partial charge in [-0.15, -0.1) is 0 Å². The summed E-state index contributed by atoms with van der Waals surface area (Å²) in [4.78, 5) is 51.1. The SMILES string of the molecule is Cc1c(Cl)c(=O)oc2cc(OCC(=O)NC(CO)C(=O)N3CCN(c4ccc([N+](=O)[O-])cc4)CC3)ccc12. The Kier molecular flexibility index (Phi) is 8.13. The number of nitro benzene ring substituents is 1. The van der Waals surface area contributed by atoms with Gasteiger partial charge in [-0.1, -0.05) is 11.6 Å². The maximum atomic E-state index is 12.9. The number of aliphatic hydroxyl groups excluding tert-OH is 1. The number of nitro groups is 1. The third-order valence-electron chi connectivity index (χ3n) is 6.27. The van der Waals surface area contributed by atoms with E-state index in [-0.39, 0.29) is 22.0 Å². The standard InChI is InChI=1S/C25H25ClN4O8/c1-15-19-7-6-18(12-21(19)38-25(34)23(15)26)37-14-22(32)27-20(13-31)24(33)29-10-8-28(9-11-29)16-2-4-17(5-3-16)30(35)36/h2-7,12,20,31H,8-11,13-14H2,1H3,(H,27,32). The lowest BCUT2D eigenvalue weighted by Gasteiger charge is -2.37. The van der Waals surface area contributed by atoms with Crippen molar-refractivity contribution < 1.29 is 28.8 Å². The lowest BCUT2D eigenvalue weighted by Crippen LogP contribution is -2.56. The van der Waals surface area contributed by atoms with E-state index in [4.69, 9.17) is 20.8 Å². The third-order valence-corrected chi connectivity index (χ3v) is 6.71. The third kappa shape index (κ3) is 5.87. The molecule has 1 unspecified atom stereocenters. The molecule has 12 nitrogen and oxygen atoms in total. The average Bonchev–Trinajstić information content (AvgIpc) is 2.93. The van der Waals surface area contributed by atoms with E-state index in [0.29, 0.717) is 37.1 Å². The molecule has 2 amide bonds. The fraction of sp³-hybridized carbons (Fsp3) is 0.320. The summed E-state index contributed by atoms with van der Waals surface area (Å²) in [7, 11) is 0. The summed E-state index contributed by atoms with van der Waals surface area (Å²) >= 11 is 5.93. The van der Waals surface area contributed by atoms with Crippen LogP contribution in [0.4, 0.5) is 11.4 Å². The van der Waals surface area contributed by atoms with Crippen LogP contribution in [0.3, 0.4) is 0 Å². The maximum absolute atomic E-state index is 12.9. The summed E-state index contributed by atoms with van der Waals surface area (Å²) in [6.45, 7) is 2.35. The highest BCUT2D eigenvalue weighted by molar-refractivity contribution is 6.31. The normalized spacial score (nSPS) is 14.3. The van der Waals surface area contributed by atoms with Crippen LogP contribution in [0.15, 0.2) is 51.7 Å². The Morgan fingerprint density at radius 1 is 1.18 bits per heavy atom. The Morgan fingerprint density at radius 3 is 2.50 bits per heavy atom. The number of piperazine rings is 1. The molecule has 13 heteroatoms. The number of aryl methyl sites for hydroxylation is 1. The van der Waals surface area contributed by atoms with E-state index >= 15 is 0 Å². The number of hydrogen-bond acceptors (Lipinski definition) is 9. The van der Waals surface area contributed by atoms with Crippen molar-refractivity contribution >= 4 is 45.8 Å². The first-order valence-electron chi connectivity index (χ1n) is 11.7. The molecule has 1 aromatic heterocycles. The van der Waals surface area contributed by atoms with Gasteiger partial charge in [-0.3, -0.25) is 19.7 Å². The summed E-state index contributed by atoms with van der Waals surface area (Å²) in [5, 5.41) is 23.7. The molecular weight excluding hydrogens is 520 g/mol. The molecule has 0 aliphatic carbocycles. The monoisotopic (exact) mass is 544 g/mol. The highest BCUT2D eigenvalue weighted by Gasteiger charge is 2.28. The molecule has 4 rings (SSSR count). The van der Waals surface area contributed by atoms with Crippen LogP contribution in [0, 0.1) is 17.0 Å². The number of hydrogen-bond donors (Lipinski definition) is 2. The number of benzene rings is 2. The number of fused-ring (bicyclic) bond motifs is 1. The number of halogens is 1. The molecule has 1 atom stereocenters. The Balaban J connectivity index is 1.30. The molecule has 1 fully saturated rings.